The molecule has 2 N–H and O–H groups in total. The molecule has 0 aliphatic carbocycles. The molecule has 0 saturated heterocycles. The van der Waals surface area contributed by atoms with E-state index in [-0.39, 0.29) is 18.2 Å². The topological polar surface area (TPSA) is 71.1 Å². The van der Waals surface area contributed by atoms with E-state index in [0.29, 0.717) is 15.8 Å². The molecule has 8 heteroatoms. The molecule has 3 aromatic carbocycles. The molecule has 0 fully saturated rings. The van der Waals surface area contributed by atoms with Gasteiger partial charge in [-0.15, -0.1) is 23.1 Å². The molecule has 1 atom stereocenters. The second-order valence-electron chi connectivity index (χ2n) is 7.57. The number of aryl methyl sites for hydroxylation is 1. The monoisotopic (exact) mass is 507 g/mol. The molecule has 0 aliphatic heterocycles. The third-order valence-electron chi connectivity index (χ3n) is 4.86. The number of aromatic nitrogens is 1. The predicted molar refractivity (Wildman–Crippen MR) is 141 cm³/mol. The van der Waals surface area contributed by atoms with Crippen molar-refractivity contribution in [2.75, 3.05) is 10.6 Å². The van der Waals surface area contributed by atoms with Crippen molar-refractivity contribution in [2.45, 2.75) is 23.5 Å². The van der Waals surface area contributed by atoms with Gasteiger partial charge in [-0.1, -0.05) is 54.1 Å². The molecule has 172 valence electrons. The zero-order valence-electron chi connectivity index (χ0n) is 18.3. The third kappa shape index (κ3) is 6.70. The number of amides is 2. The summed E-state index contributed by atoms with van der Waals surface area (Å²) in [6.07, 6.45) is 0.264. The van der Waals surface area contributed by atoms with E-state index in [2.05, 4.69) is 15.6 Å². The van der Waals surface area contributed by atoms with Crippen LogP contribution in [-0.4, -0.2) is 16.8 Å². The minimum atomic E-state index is -0.448. The van der Waals surface area contributed by atoms with Crippen LogP contribution in [0.3, 0.4) is 0 Å². The normalized spacial score (nSPS) is 11.6. The Morgan fingerprint density at radius 1 is 0.971 bits per heavy atom. The van der Waals surface area contributed by atoms with Crippen LogP contribution in [0.2, 0.25) is 5.02 Å². The van der Waals surface area contributed by atoms with Gasteiger partial charge in [-0.25, -0.2) is 4.98 Å². The Hall–Kier alpha value is -3.13. The van der Waals surface area contributed by atoms with Gasteiger partial charge in [0.05, 0.1) is 12.1 Å². The van der Waals surface area contributed by atoms with Crippen molar-refractivity contribution >= 4 is 57.3 Å². The number of nitrogens with one attached hydrogen (secondary N) is 2. The number of anilines is 2. The smallest absolute Gasteiger partial charge is 0.244 e. The fraction of sp³-hybridized carbons (Fsp3) is 0.115. The Morgan fingerprint density at radius 3 is 2.32 bits per heavy atom. The zero-order valence-corrected chi connectivity index (χ0v) is 20.7. The maximum atomic E-state index is 13.1. The summed E-state index contributed by atoms with van der Waals surface area (Å²) in [5, 5.41) is 8.52. The molecule has 4 rings (SSSR count). The summed E-state index contributed by atoms with van der Waals surface area (Å²) in [4.78, 5) is 30.7. The fourth-order valence-electron chi connectivity index (χ4n) is 3.23. The van der Waals surface area contributed by atoms with E-state index in [9.17, 15) is 9.59 Å². The van der Waals surface area contributed by atoms with Crippen LogP contribution in [-0.2, 0) is 16.0 Å². The first-order valence-electron chi connectivity index (χ1n) is 10.6. The first-order chi connectivity index (χ1) is 16.5. The summed E-state index contributed by atoms with van der Waals surface area (Å²) in [6, 6.07) is 24.3. The molecule has 1 aromatic heterocycles. The average Bonchev–Trinajstić information content (AvgIpc) is 3.25. The van der Waals surface area contributed by atoms with Gasteiger partial charge >= 0.3 is 0 Å². The highest BCUT2D eigenvalue weighted by Crippen LogP contribution is 2.37. The minimum Gasteiger partial charge on any atom is -0.326 e. The van der Waals surface area contributed by atoms with Gasteiger partial charge in [0.15, 0.2) is 5.13 Å². The first kappa shape index (κ1) is 24.0. The molecule has 0 bridgehead atoms. The predicted octanol–water partition coefficient (Wildman–Crippen LogP) is 6.76. The second kappa shape index (κ2) is 11.3. The van der Waals surface area contributed by atoms with Crippen LogP contribution in [0.25, 0.3) is 0 Å². The molecule has 0 radical (unpaired) electrons. The summed E-state index contributed by atoms with van der Waals surface area (Å²) in [7, 11) is 0. The number of halogens is 1. The molecule has 0 spiro atoms. The highest BCUT2D eigenvalue weighted by atomic mass is 35.5. The summed E-state index contributed by atoms with van der Waals surface area (Å²) in [6.45, 7) is 1.89. The Balaban J connectivity index is 1.42. The third-order valence-corrected chi connectivity index (χ3v) is 7.25. The number of rotatable bonds is 8. The molecule has 0 aliphatic rings. The molecule has 2 amide bonds. The van der Waals surface area contributed by atoms with Crippen LogP contribution in [0.4, 0.5) is 10.8 Å². The summed E-state index contributed by atoms with van der Waals surface area (Å²) < 4.78 is 0. The van der Waals surface area contributed by atoms with Crippen LogP contribution in [0.1, 0.15) is 22.1 Å². The Kier molecular flexibility index (Phi) is 8.00. The van der Waals surface area contributed by atoms with E-state index in [4.69, 9.17) is 11.6 Å². The van der Waals surface area contributed by atoms with Crippen molar-refractivity contribution in [1.82, 2.24) is 4.98 Å². The van der Waals surface area contributed by atoms with E-state index >= 15 is 0 Å². The lowest BCUT2D eigenvalue weighted by Gasteiger charge is -2.16. The Bertz CT molecular complexity index is 1260. The van der Waals surface area contributed by atoms with Crippen molar-refractivity contribution in [3.8, 4) is 0 Å². The highest BCUT2D eigenvalue weighted by Gasteiger charge is 2.23. The highest BCUT2D eigenvalue weighted by molar-refractivity contribution is 8.00. The van der Waals surface area contributed by atoms with Gasteiger partial charge in [0.2, 0.25) is 11.8 Å². The van der Waals surface area contributed by atoms with Crippen LogP contribution in [0.15, 0.2) is 89.1 Å². The zero-order chi connectivity index (χ0) is 23.9. The van der Waals surface area contributed by atoms with Crippen LogP contribution in [0, 0.1) is 6.92 Å². The van der Waals surface area contributed by atoms with Crippen LogP contribution < -0.4 is 10.6 Å². The summed E-state index contributed by atoms with van der Waals surface area (Å²) in [5.41, 5.74) is 3.36. The Labute approximate surface area is 211 Å². The average molecular weight is 508 g/mol. The standard InChI is InChI=1S/C26H22ClN3O2S2/c1-17-16-33-26(28-17)30-25(32)24(19-5-3-2-4-6-19)34-22-13-11-21(12-14-22)29-23(31)15-18-7-9-20(27)10-8-18/h2-14,16,24H,15H2,1H3,(H,29,31)(H,28,30,32). The van der Waals surface area contributed by atoms with Gasteiger partial charge < -0.3 is 10.6 Å². The number of hydrogen-bond donors (Lipinski definition) is 2. The van der Waals surface area contributed by atoms with Gasteiger partial charge in [0.25, 0.3) is 0 Å². The van der Waals surface area contributed by atoms with Gasteiger partial charge in [-0.2, -0.15) is 0 Å². The van der Waals surface area contributed by atoms with Gasteiger partial charge in [-0.3, -0.25) is 9.59 Å². The molecule has 5 nitrogen and oxygen atoms in total. The van der Waals surface area contributed by atoms with E-state index in [1.165, 1.54) is 23.1 Å². The molecule has 1 heterocycles. The van der Waals surface area contributed by atoms with Crippen molar-refractivity contribution in [3.63, 3.8) is 0 Å². The maximum absolute atomic E-state index is 13.1. The number of benzene rings is 3. The molecule has 1 unspecified atom stereocenters. The van der Waals surface area contributed by atoms with Crippen molar-refractivity contribution < 1.29 is 9.59 Å². The van der Waals surface area contributed by atoms with Crippen LogP contribution in [0.5, 0.6) is 0 Å². The number of thioether (sulfide) groups is 1. The number of hydrogen-bond acceptors (Lipinski definition) is 5. The largest absolute Gasteiger partial charge is 0.326 e. The van der Waals surface area contributed by atoms with E-state index in [0.717, 1.165) is 21.7 Å². The van der Waals surface area contributed by atoms with E-state index in [1.54, 1.807) is 12.1 Å². The summed E-state index contributed by atoms with van der Waals surface area (Å²) >= 11 is 8.75. The maximum Gasteiger partial charge on any atom is 0.244 e. The molecule has 0 saturated carbocycles. The lowest BCUT2D eigenvalue weighted by atomic mass is 10.1. The molecular weight excluding hydrogens is 486 g/mol. The van der Waals surface area contributed by atoms with E-state index < -0.39 is 5.25 Å². The van der Waals surface area contributed by atoms with Gasteiger partial charge in [-0.05, 0) is 54.4 Å². The number of carbonyl (C=O) groups excluding carboxylic acids is 2. The molecule has 34 heavy (non-hydrogen) atoms. The number of thiazole rings is 1. The van der Waals surface area contributed by atoms with Crippen molar-refractivity contribution in [3.05, 3.63) is 106 Å². The van der Waals surface area contributed by atoms with Crippen molar-refractivity contribution in [2.24, 2.45) is 0 Å². The first-order valence-corrected chi connectivity index (χ1v) is 12.7. The second-order valence-corrected chi connectivity index (χ2v) is 10.0. The quantitative estimate of drug-likeness (QED) is 0.258. The lowest BCUT2D eigenvalue weighted by molar-refractivity contribution is -0.116. The Morgan fingerprint density at radius 2 is 1.68 bits per heavy atom. The fourth-order valence-corrected chi connectivity index (χ4v) is 5.07. The number of nitrogens with zero attached hydrogens (tertiary/aromatic N) is 1. The molecule has 4 aromatic rings. The van der Waals surface area contributed by atoms with Gasteiger partial charge in [0.1, 0.15) is 5.25 Å². The van der Waals surface area contributed by atoms with Crippen molar-refractivity contribution in [1.29, 1.82) is 0 Å². The van der Waals surface area contributed by atoms with Gasteiger partial charge in [0, 0.05) is 21.0 Å². The number of carbonyl (C=O) groups is 2. The van der Waals surface area contributed by atoms with Crippen LogP contribution >= 0.6 is 34.7 Å². The SMILES string of the molecule is Cc1csc(NC(=O)C(Sc2ccc(NC(=O)Cc3ccc(Cl)cc3)cc2)c2ccccc2)n1. The van der Waals surface area contributed by atoms with E-state index in [1.807, 2.05) is 79.0 Å². The molecular formula is C26H22ClN3O2S2. The minimum absolute atomic E-state index is 0.108. The lowest BCUT2D eigenvalue weighted by Crippen LogP contribution is -2.19. The summed E-state index contributed by atoms with van der Waals surface area (Å²) in [5.74, 6) is -0.242.